The summed E-state index contributed by atoms with van der Waals surface area (Å²) in [5.41, 5.74) is 2.28. The Morgan fingerprint density at radius 3 is 2.50 bits per heavy atom. The van der Waals surface area contributed by atoms with Gasteiger partial charge in [-0.1, -0.05) is 26.0 Å². The smallest absolute Gasteiger partial charge is 0.123 e. The Morgan fingerprint density at radius 1 is 1.20 bits per heavy atom. The van der Waals surface area contributed by atoms with Crippen LogP contribution in [0.15, 0.2) is 36.5 Å². The molecule has 0 saturated heterocycles. The van der Waals surface area contributed by atoms with Crippen molar-refractivity contribution in [3.8, 4) is 0 Å². The second-order valence-corrected chi connectivity index (χ2v) is 5.29. The van der Waals surface area contributed by atoms with Gasteiger partial charge in [0.1, 0.15) is 5.82 Å². The Hall–Kier alpha value is -1.68. The van der Waals surface area contributed by atoms with Gasteiger partial charge >= 0.3 is 0 Å². The van der Waals surface area contributed by atoms with Gasteiger partial charge in [0.15, 0.2) is 0 Å². The van der Waals surface area contributed by atoms with E-state index in [0.29, 0.717) is 5.92 Å². The maximum Gasteiger partial charge on any atom is 0.123 e. The molecule has 2 rings (SSSR count). The second kappa shape index (κ2) is 6.66. The molecular weight excluding hydrogens is 253 g/mol. The van der Waals surface area contributed by atoms with E-state index in [-0.39, 0.29) is 11.9 Å². The average Bonchev–Trinajstić information content (AvgIpc) is 2.88. The molecule has 1 heterocycles. The average molecular weight is 275 g/mol. The third-order valence-corrected chi connectivity index (χ3v) is 3.50. The number of benzene rings is 1. The molecular formula is C16H22FN3. The van der Waals surface area contributed by atoms with Crippen LogP contribution in [-0.4, -0.2) is 9.78 Å². The molecule has 1 aromatic heterocycles. The molecule has 2 aromatic rings. The summed E-state index contributed by atoms with van der Waals surface area (Å²) in [6.07, 6.45) is 1.82. The highest BCUT2D eigenvalue weighted by Crippen LogP contribution is 2.22. The lowest BCUT2D eigenvalue weighted by Gasteiger charge is -2.23. The van der Waals surface area contributed by atoms with Crippen molar-refractivity contribution >= 4 is 0 Å². The van der Waals surface area contributed by atoms with Crippen LogP contribution in [0.4, 0.5) is 4.39 Å². The van der Waals surface area contributed by atoms with Crippen LogP contribution in [0, 0.1) is 11.7 Å². The van der Waals surface area contributed by atoms with E-state index >= 15 is 0 Å². The SMILES string of the molecule is CCn1nccc1CNC(c1ccc(F)cc1)C(C)C. The second-order valence-electron chi connectivity index (χ2n) is 5.29. The summed E-state index contributed by atoms with van der Waals surface area (Å²) >= 11 is 0. The Balaban J connectivity index is 2.08. The topological polar surface area (TPSA) is 29.9 Å². The van der Waals surface area contributed by atoms with Crippen molar-refractivity contribution in [1.29, 1.82) is 0 Å². The van der Waals surface area contributed by atoms with Crippen LogP contribution < -0.4 is 5.32 Å². The quantitative estimate of drug-likeness (QED) is 0.874. The van der Waals surface area contributed by atoms with Gasteiger partial charge in [0.2, 0.25) is 0 Å². The van der Waals surface area contributed by atoms with Crippen molar-refractivity contribution in [3.05, 3.63) is 53.6 Å². The van der Waals surface area contributed by atoms with Crippen LogP contribution in [-0.2, 0) is 13.1 Å². The number of hydrogen-bond acceptors (Lipinski definition) is 2. The van der Waals surface area contributed by atoms with Crippen molar-refractivity contribution in [2.45, 2.75) is 39.9 Å². The van der Waals surface area contributed by atoms with Crippen LogP contribution >= 0.6 is 0 Å². The summed E-state index contributed by atoms with van der Waals surface area (Å²) in [4.78, 5) is 0. The molecule has 0 fully saturated rings. The fourth-order valence-corrected chi connectivity index (χ4v) is 2.42. The van der Waals surface area contributed by atoms with Crippen LogP contribution in [0.5, 0.6) is 0 Å². The lowest BCUT2D eigenvalue weighted by atomic mass is 9.96. The van der Waals surface area contributed by atoms with Crippen LogP contribution in [0.1, 0.15) is 38.1 Å². The number of aromatic nitrogens is 2. The minimum Gasteiger partial charge on any atom is -0.304 e. The Bertz CT molecular complexity index is 531. The molecule has 4 heteroatoms. The largest absolute Gasteiger partial charge is 0.304 e. The minimum absolute atomic E-state index is 0.194. The molecule has 0 spiro atoms. The van der Waals surface area contributed by atoms with Gasteiger partial charge in [-0.25, -0.2) is 4.39 Å². The number of rotatable bonds is 6. The summed E-state index contributed by atoms with van der Waals surface area (Å²) in [7, 11) is 0. The van der Waals surface area contributed by atoms with Crippen LogP contribution in [0.3, 0.4) is 0 Å². The first-order valence-electron chi connectivity index (χ1n) is 7.11. The van der Waals surface area contributed by atoms with Crippen molar-refractivity contribution in [3.63, 3.8) is 0 Å². The van der Waals surface area contributed by atoms with Gasteiger partial charge in [-0.15, -0.1) is 0 Å². The van der Waals surface area contributed by atoms with E-state index in [1.807, 2.05) is 29.1 Å². The van der Waals surface area contributed by atoms with Crippen LogP contribution in [0.25, 0.3) is 0 Å². The molecule has 0 aliphatic carbocycles. The molecule has 108 valence electrons. The Morgan fingerprint density at radius 2 is 1.90 bits per heavy atom. The molecule has 0 radical (unpaired) electrons. The highest BCUT2D eigenvalue weighted by molar-refractivity contribution is 5.20. The summed E-state index contributed by atoms with van der Waals surface area (Å²) in [6.45, 7) is 8.04. The van der Waals surface area contributed by atoms with E-state index < -0.39 is 0 Å². The first kappa shape index (κ1) is 14.7. The van der Waals surface area contributed by atoms with Gasteiger partial charge in [-0.2, -0.15) is 5.10 Å². The molecule has 1 N–H and O–H groups in total. The maximum absolute atomic E-state index is 13.0. The van der Waals surface area contributed by atoms with Gasteiger partial charge in [-0.3, -0.25) is 4.68 Å². The Labute approximate surface area is 119 Å². The molecule has 0 bridgehead atoms. The summed E-state index contributed by atoms with van der Waals surface area (Å²) in [5, 5.41) is 7.82. The molecule has 20 heavy (non-hydrogen) atoms. The zero-order valence-corrected chi connectivity index (χ0v) is 12.3. The highest BCUT2D eigenvalue weighted by atomic mass is 19.1. The molecule has 1 aromatic carbocycles. The zero-order chi connectivity index (χ0) is 14.5. The molecule has 1 atom stereocenters. The van der Waals surface area contributed by atoms with Crippen LogP contribution in [0.2, 0.25) is 0 Å². The molecule has 1 unspecified atom stereocenters. The van der Waals surface area contributed by atoms with Crippen molar-refractivity contribution in [1.82, 2.24) is 15.1 Å². The van der Waals surface area contributed by atoms with E-state index in [1.165, 1.54) is 17.8 Å². The van der Waals surface area contributed by atoms with E-state index in [0.717, 1.165) is 18.7 Å². The van der Waals surface area contributed by atoms with E-state index in [2.05, 4.69) is 31.2 Å². The highest BCUT2D eigenvalue weighted by Gasteiger charge is 2.16. The first-order chi connectivity index (χ1) is 9.61. The van der Waals surface area contributed by atoms with Gasteiger partial charge < -0.3 is 5.32 Å². The van der Waals surface area contributed by atoms with Crippen molar-refractivity contribution < 1.29 is 4.39 Å². The normalized spacial score (nSPS) is 12.8. The lowest BCUT2D eigenvalue weighted by Crippen LogP contribution is -2.26. The standard InChI is InChI=1S/C16H22FN3/c1-4-20-15(9-10-19-20)11-18-16(12(2)3)13-5-7-14(17)8-6-13/h5-10,12,16,18H,4,11H2,1-3H3. The van der Waals surface area contributed by atoms with Gasteiger partial charge in [0, 0.05) is 25.3 Å². The third-order valence-electron chi connectivity index (χ3n) is 3.50. The van der Waals surface area contributed by atoms with E-state index in [1.54, 1.807) is 0 Å². The van der Waals surface area contributed by atoms with E-state index in [4.69, 9.17) is 0 Å². The van der Waals surface area contributed by atoms with Crippen molar-refractivity contribution in [2.75, 3.05) is 0 Å². The van der Waals surface area contributed by atoms with Gasteiger partial charge in [0.25, 0.3) is 0 Å². The number of nitrogens with one attached hydrogen (secondary N) is 1. The maximum atomic E-state index is 13.0. The fourth-order valence-electron chi connectivity index (χ4n) is 2.42. The summed E-state index contributed by atoms with van der Waals surface area (Å²) in [5.74, 6) is 0.235. The van der Waals surface area contributed by atoms with Gasteiger partial charge in [0.05, 0.1) is 5.69 Å². The van der Waals surface area contributed by atoms with Gasteiger partial charge in [-0.05, 0) is 36.6 Å². The number of halogens is 1. The summed E-state index contributed by atoms with van der Waals surface area (Å²) < 4.78 is 15.0. The fraction of sp³-hybridized carbons (Fsp3) is 0.438. The Kier molecular flexibility index (Phi) is 4.90. The number of aryl methyl sites for hydroxylation is 1. The predicted octanol–water partition coefficient (Wildman–Crippen LogP) is 3.53. The molecule has 0 aliphatic heterocycles. The molecule has 0 amide bonds. The molecule has 0 aliphatic rings. The van der Waals surface area contributed by atoms with E-state index in [9.17, 15) is 4.39 Å². The van der Waals surface area contributed by atoms with Crippen molar-refractivity contribution in [2.24, 2.45) is 5.92 Å². The third kappa shape index (κ3) is 3.45. The number of hydrogen-bond donors (Lipinski definition) is 1. The number of nitrogens with zero attached hydrogens (tertiary/aromatic N) is 2. The molecule has 3 nitrogen and oxygen atoms in total. The monoisotopic (exact) mass is 275 g/mol. The predicted molar refractivity (Wildman–Crippen MR) is 78.7 cm³/mol. The summed E-state index contributed by atoms with van der Waals surface area (Å²) in [6, 6.07) is 8.97. The lowest BCUT2D eigenvalue weighted by molar-refractivity contribution is 0.402. The zero-order valence-electron chi connectivity index (χ0n) is 12.3. The minimum atomic E-state index is -0.194. The molecule has 0 saturated carbocycles. The first-order valence-corrected chi connectivity index (χ1v) is 7.11.